The summed E-state index contributed by atoms with van der Waals surface area (Å²) in [5.74, 6) is -2.82. The Morgan fingerprint density at radius 2 is 1.13 bits per heavy atom. The van der Waals surface area contributed by atoms with Gasteiger partial charge in [0.1, 0.15) is 13.3 Å². The van der Waals surface area contributed by atoms with Gasteiger partial charge in [-0.05, 0) is 67.6 Å². The molecule has 0 saturated heterocycles. The number of rotatable bonds is 15. The van der Waals surface area contributed by atoms with E-state index in [0.717, 1.165) is 12.1 Å². The number of hydrogen-bond donors (Lipinski definition) is 3. The lowest BCUT2D eigenvalue weighted by molar-refractivity contribution is -0.275. The molecule has 0 aliphatic rings. The highest BCUT2D eigenvalue weighted by molar-refractivity contribution is 9.10. The summed E-state index contributed by atoms with van der Waals surface area (Å²) in [6.45, 7) is 0.308. The number of aromatic nitrogens is 6. The van der Waals surface area contributed by atoms with Crippen LogP contribution in [-0.4, -0.2) is 78.8 Å². The van der Waals surface area contributed by atoms with Gasteiger partial charge in [-0.3, -0.25) is 0 Å². The highest BCUT2D eigenvalue weighted by Gasteiger charge is 2.33. The van der Waals surface area contributed by atoms with E-state index < -0.39 is 49.5 Å². The van der Waals surface area contributed by atoms with Crippen LogP contribution in [0.4, 0.5) is 58.4 Å². The molecule has 0 radical (unpaired) electrons. The van der Waals surface area contributed by atoms with Crippen LogP contribution in [0.5, 0.6) is 11.5 Å². The predicted octanol–water partition coefficient (Wildman–Crippen LogP) is 10.5. The summed E-state index contributed by atoms with van der Waals surface area (Å²) >= 11 is 6.37. The molecule has 328 valence electrons. The molecule has 3 N–H and O–H groups in total. The molecule has 0 saturated carbocycles. The van der Waals surface area contributed by atoms with Crippen molar-refractivity contribution in [3.8, 4) is 34.3 Å². The number of halogens is 10. The normalized spacial score (nSPS) is 11.3. The van der Waals surface area contributed by atoms with Crippen molar-refractivity contribution >= 4 is 67.1 Å². The van der Waals surface area contributed by atoms with Crippen LogP contribution in [0, 0.1) is 0 Å². The number of carbonyl (C=O) groups is 2. The minimum atomic E-state index is -4.90. The van der Waals surface area contributed by atoms with Crippen molar-refractivity contribution in [1.82, 2.24) is 29.1 Å². The summed E-state index contributed by atoms with van der Waals surface area (Å²) in [4.78, 5) is 39.8. The van der Waals surface area contributed by atoms with E-state index in [1.54, 1.807) is 6.92 Å². The van der Waals surface area contributed by atoms with E-state index in [2.05, 4.69) is 71.9 Å². The maximum absolute atomic E-state index is 13.0. The molecule has 0 atom stereocenters. The number of hydrogen-bond acceptors (Lipinski definition) is 11. The van der Waals surface area contributed by atoms with Crippen LogP contribution in [0.1, 0.15) is 27.6 Å². The van der Waals surface area contributed by atoms with Gasteiger partial charge in [-0.25, -0.2) is 38.3 Å². The molecule has 6 rings (SSSR count). The number of nitrogens with one attached hydrogen (secondary N) is 2. The number of ether oxygens (including phenoxy) is 3. The van der Waals surface area contributed by atoms with Crippen molar-refractivity contribution < 1.29 is 64.0 Å². The van der Waals surface area contributed by atoms with Gasteiger partial charge in [0, 0.05) is 33.7 Å². The average molecular weight is 1010 g/mol. The molecule has 0 aliphatic carbocycles. The van der Waals surface area contributed by atoms with Gasteiger partial charge in [0.25, 0.3) is 0 Å². The Morgan fingerprint density at radius 3 is 1.53 bits per heavy atom. The van der Waals surface area contributed by atoms with Gasteiger partial charge < -0.3 is 39.1 Å². The number of carbonyl (C=O) groups excluding carboxylic acids is 1. The van der Waals surface area contributed by atoms with Gasteiger partial charge in [-0.15, -0.1) is 26.3 Å². The first-order valence-electron chi connectivity index (χ1n) is 17.6. The summed E-state index contributed by atoms with van der Waals surface area (Å²) < 4.78 is 119. The fraction of sp³-hybridized carbons (Fsp3) is 0.211. The van der Waals surface area contributed by atoms with Gasteiger partial charge >= 0.3 is 24.7 Å². The van der Waals surface area contributed by atoms with E-state index in [4.69, 9.17) is 4.74 Å². The van der Waals surface area contributed by atoms with Gasteiger partial charge in [-0.1, -0.05) is 31.9 Å². The molecular weight excluding hydrogens is 976 g/mol. The Hall–Kier alpha value is -6.30. The summed E-state index contributed by atoms with van der Waals surface area (Å²) in [5, 5.41) is 14.5. The molecule has 14 nitrogen and oxygen atoms in total. The van der Waals surface area contributed by atoms with E-state index in [1.165, 1.54) is 82.5 Å². The summed E-state index contributed by atoms with van der Waals surface area (Å²) in [5.41, 5.74) is 1.38. The lowest BCUT2D eigenvalue weighted by Gasteiger charge is -2.14. The Kier molecular flexibility index (Phi) is 15.5. The Morgan fingerprint density at radius 1 is 0.694 bits per heavy atom. The number of nitrogens with zero attached hydrogens (tertiary/aromatic N) is 6. The minimum Gasteiger partial charge on any atom is -0.478 e. The standard InChI is InChI=1S/C20H17BrF4N4O3.C18H13BrF4N4O3/c1-2-31-18(30)12-9-16(29(11-12)8-6-22)14-5-7-26-19(27-14)28-15-10-13(21)3-4-17(15)32-20(23,24)25;19-11-1-2-15(30-18(21,22)23)13(8-11)26-17-24-5-3-12(25-17)14-7-10(16(28)29)9-27(14)6-4-20/h3-5,7,9-11H,2,6,8H2,1H3,(H,26,27,28);1-3,5,7-9H,4,6H2,(H,28,29)(H,24,25,26). The highest BCUT2D eigenvalue weighted by Crippen LogP contribution is 2.36. The van der Waals surface area contributed by atoms with E-state index in [-0.39, 0.29) is 59.8 Å². The van der Waals surface area contributed by atoms with Crippen molar-refractivity contribution in [1.29, 1.82) is 0 Å². The summed E-state index contributed by atoms with van der Waals surface area (Å²) in [7, 11) is 0. The highest BCUT2D eigenvalue weighted by atomic mass is 79.9. The number of alkyl halides is 8. The second-order valence-corrected chi connectivity index (χ2v) is 14.0. The first-order chi connectivity index (χ1) is 29.4. The molecule has 24 heteroatoms. The molecule has 0 fully saturated rings. The Labute approximate surface area is 362 Å². The van der Waals surface area contributed by atoms with E-state index in [9.17, 15) is 49.8 Å². The number of aromatic carboxylic acids is 1. The molecule has 0 spiro atoms. The van der Waals surface area contributed by atoms with Gasteiger partial charge in [0.05, 0.1) is 65.0 Å². The summed E-state index contributed by atoms with van der Waals surface area (Å²) in [6.07, 6.45) is -4.34. The molecule has 0 bridgehead atoms. The zero-order valence-electron chi connectivity index (χ0n) is 31.6. The van der Waals surface area contributed by atoms with Crippen molar-refractivity contribution in [3.05, 3.63) is 106 Å². The first kappa shape index (κ1) is 46.8. The molecule has 0 aliphatic heterocycles. The fourth-order valence-electron chi connectivity index (χ4n) is 5.44. The number of anilines is 4. The molecule has 6 aromatic rings. The largest absolute Gasteiger partial charge is 0.573 e. The Bertz CT molecular complexity index is 2520. The number of carboxylic acids is 1. The molecule has 4 aromatic heterocycles. The number of esters is 1. The van der Waals surface area contributed by atoms with Crippen LogP contribution in [0.25, 0.3) is 22.8 Å². The van der Waals surface area contributed by atoms with Crippen molar-refractivity contribution in [2.45, 2.75) is 32.7 Å². The van der Waals surface area contributed by atoms with Gasteiger partial charge in [-0.2, -0.15) is 0 Å². The third-order valence-electron chi connectivity index (χ3n) is 7.87. The average Bonchev–Trinajstić information content (AvgIpc) is 3.82. The lowest BCUT2D eigenvalue weighted by atomic mass is 10.2. The number of carboxylic acid groups (broad SMARTS) is 1. The van der Waals surface area contributed by atoms with Gasteiger partial charge in [0.15, 0.2) is 11.5 Å². The molecule has 62 heavy (non-hydrogen) atoms. The predicted molar refractivity (Wildman–Crippen MR) is 214 cm³/mol. The van der Waals surface area contributed by atoms with E-state index in [1.807, 2.05) is 0 Å². The quantitative estimate of drug-likeness (QED) is 0.0659. The number of aryl methyl sites for hydroxylation is 2. The zero-order valence-corrected chi connectivity index (χ0v) is 34.7. The molecule has 0 amide bonds. The minimum absolute atomic E-state index is 0.0276. The van der Waals surface area contributed by atoms with Crippen molar-refractivity contribution in [3.63, 3.8) is 0 Å². The topological polar surface area (TPSA) is 168 Å². The molecule has 2 aromatic carbocycles. The Balaban J connectivity index is 0.000000235. The third kappa shape index (κ3) is 13.1. The van der Waals surface area contributed by atoms with Crippen LogP contribution in [0.2, 0.25) is 0 Å². The zero-order chi connectivity index (χ0) is 45.2. The molecule has 4 heterocycles. The SMILES string of the molecule is CCOC(=O)c1cc(-c2ccnc(Nc3cc(Br)ccc3OC(F)(F)F)n2)n(CCF)c1.O=C(O)c1cc(-c2ccnc(Nc3cc(Br)ccc3OC(F)(F)F)n2)n(CCF)c1. The van der Waals surface area contributed by atoms with Crippen LogP contribution < -0.4 is 20.1 Å². The monoisotopic (exact) mass is 1000 g/mol. The summed E-state index contributed by atoms with van der Waals surface area (Å²) in [6, 6.07) is 13.6. The smallest absolute Gasteiger partial charge is 0.478 e. The lowest BCUT2D eigenvalue weighted by Crippen LogP contribution is -2.18. The van der Waals surface area contributed by atoms with E-state index in [0.29, 0.717) is 26.0 Å². The maximum atomic E-state index is 13.0. The van der Waals surface area contributed by atoms with Crippen LogP contribution in [0.3, 0.4) is 0 Å². The van der Waals surface area contributed by atoms with Crippen LogP contribution in [-0.2, 0) is 17.8 Å². The van der Waals surface area contributed by atoms with Crippen molar-refractivity contribution in [2.75, 3.05) is 30.6 Å². The molecule has 0 unspecified atom stereocenters. The van der Waals surface area contributed by atoms with Crippen LogP contribution in [0.15, 0.2) is 94.4 Å². The van der Waals surface area contributed by atoms with E-state index >= 15 is 0 Å². The third-order valence-corrected chi connectivity index (χ3v) is 8.85. The first-order valence-corrected chi connectivity index (χ1v) is 19.2. The maximum Gasteiger partial charge on any atom is 0.573 e. The fourth-order valence-corrected chi connectivity index (χ4v) is 6.16. The van der Waals surface area contributed by atoms with Crippen LogP contribution >= 0.6 is 31.9 Å². The van der Waals surface area contributed by atoms with Crippen molar-refractivity contribution in [2.24, 2.45) is 0 Å². The van der Waals surface area contributed by atoms with Gasteiger partial charge in [0.2, 0.25) is 11.9 Å². The second-order valence-electron chi connectivity index (χ2n) is 12.2. The molecular formula is C38H30Br2F8N8O6. The number of benzene rings is 2. The second kappa shape index (κ2) is 20.5.